The van der Waals surface area contributed by atoms with Gasteiger partial charge in [-0.2, -0.15) is 0 Å². The zero-order valence-corrected chi connectivity index (χ0v) is 11.4. The van der Waals surface area contributed by atoms with Gasteiger partial charge in [0.1, 0.15) is 24.0 Å². The van der Waals surface area contributed by atoms with Gasteiger partial charge in [-0.1, -0.05) is 18.2 Å². The smallest absolute Gasteiger partial charge is 0.133 e. The number of para-hydroxylation sites is 1. The Morgan fingerprint density at radius 3 is 2.79 bits per heavy atom. The van der Waals surface area contributed by atoms with Crippen LogP contribution in [0.4, 0.5) is 5.82 Å². The van der Waals surface area contributed by atoms with Crippen LogP contribution >= 0.6 is 0 Å². The van der Waals surface area contributed by atoms with Crippen LogP contribution in [0.5, 0.6) is 5.75 Å². The summed E-state index contributed by atoms with van der Waals surface area (Å²) >= 11 is 0. The highest BCUT2D eigenvalue weighted by Crippen LogP contribution is 2.34. The molecule has 3 rings (SSSR count). The van der Waals surface area contributed by atoms with Crippen LogP contribution in [0.2, 0.25) is 0 Å². The summed E-state index contributed by atoms with van der Waals surface area (Å²) in [5, 5.41) is 3.47. The summed E-state index contributed by atoms with van der Waals surface area (Å²) < 4.78 is 5.68. The fourth-order valence-electron chi connectivity index (χ4n) is 2.36. The van der Waals surface area contributed by atoms with Crippen LogP contribution in [0.1, 0.15) is 28.7 Å². The van der Waals surface area contributed by atoms with Crippen molar-refractivity contribution in [3.8, 4) is 5.75 Å². The van der Waals surface area contributed by atoms with Crippen molar-refractivity contribution in [2.24, 2.45) is 0 Å². The molecule has 1 atom stereocenters. The zero-order chi connectivity index (χ0) is 13.4. The Hall–Kier alpha value is -2.10. The maximum Gasteiger partial charge on any atom is 0.133 e. The lowest BCUT2D eigenvalue weighted by molar-refractivity contribution is 0.339. The van der Waals surface area contributed by atoms with E-state index in [0.29, 0.717) is 6.61 Å². The molecule has 0 radical (unpaired) electrons. The van der Waals surface area contributed by atoms with Gasteiger partial charge in [0.05, 0.1) is 6.04 Å². The average Bonchev–Trinajstić information content (AvgIpc) is 2.79. The summed E-state index contributed by atoms with van der Waals surface area (Å²) in [4.78, 5) is 8.86. The van der Waals surface area contributed by atoms with E-state index in [9.17, 15) is 0 Å². The van der Waals surface area contributed by atoms with E-state index in [0.717, 1.165) is 28.6 Å². The molecule has 2 heterocycles. The van der Waals surface area contributed by atoms with E-state index in [2.05, 4.69) is 21.4 Å². The molecule has 0 fully saturated rings. The summed E-state index contributed by atoms with van der Waals surface area (Å²) in [6.45, 7) is 6.60. The summed E-state index contributed by atoms with van der Waals surface area (Å²) in [6.07, 6.45) is 0. The fraction of sp³-hybridized carbons (Fsp3) is 0.333. The van der Waals surface area contributed by atoms with Crippen LogP contribution in [0.15, 0.2) is 24.3 Å². The topological polar surface area (TPSA) is 47.0 Å². The molecule has 19 heavy (non-hydrogen) atoms. The van der Waals surface area contributed by atoms with Crippen molar-refractivity contribution in [2.45, 2.75) is 26.8 Å². The first-order chi connectivity index (χ1) is 9.15. The number of fused-ring (bicyclic) bond motifs is 1. The highest BCUT2D eigenvalue weighted by Gasteiger charge is 2.24. The monoisotopic (exact) mass is 255 g/mol. The minimum Gasteiger partial charge on any atom is -0.491 e. The van der Waals surface area contributed by atoms with Crippen LogP contribution < -0.4 is 10.1 Å². The molecular formula is C15H17N3O. The Morgan fingerprint density at radius 2 is 1.95 bits per heavy atom. The molecule has 4 nitrogen and oxygen atoms in total. The number of nitrogens with zero attached hydrogens (tertiary/aromatic N) is 2. The number of benzene rings is 1. The minimum absolute atomic E-state index is 0.156. The van der Waals surface area contributed by atoms with Gasteiger partial charge in [0.25, 0.3) is 0 Å². The fourth-order valence-corrected chi connectivity index (χ4v) is 2.36. The van der Waals surface area contributed by atoms with Gasteiger partial charge in [-0.15, -0.1) is 0 Å². The van der Waals surface area contributed by atoms with Crippen molar-refractivity contribution in [1.82, 2.24) is 9.97 Å². The Balaban J connectivity index is 1.92. The second-order valence-electron chi connectivity index (χ2n) is 4.88. The summed E-state index contributed by atoms with van der Waals surface area (Å²) in [5.41, 5.74) is 3.30. The maximum atomic E-state index is 5.68. The number of nitrogens with one attached hydrogen (secondary N) is 1. The molecular weight excluding hydrogens is 238 g/mol. The van der Waals surface area contributed by atoms with Crippen molar-refractivity contribution in [3.63, 3.8) is 0 Å². The van der Waals surface area contributed by atoms with Gasteiger partial charge in [0.2, 0.25) is 0 Å². The molecule has 0 spiro atoms. The molecule has 1 aliphatic rings. The predicted molar refractivity (Wildman–Crippen MR) is 74.5 cm³/mol. The van der Waals surface area contributed by atoms with Gasteiger partial charge >= 0.3 is 0 Å². The normalized spacial score (nSPS) is 16.9. The molecule has 4 heteroatoms. The van der Waals surface area contributed by atoms with Gasteiger partial charge in [-0.3, -0.25) is 0 Å². The van der Waals surface area contributed by atoms with Crippen molar-refractivity contribution >= 4 is 5.82 Å². The second-order valence-corrected chi connectivity index (χ2v) is 4.88. The average molecular weight is 255 g/mol. The van der Waals surface area contributed by atoms with E-state index in [1.165, 1.54) is 5.56 Å². The molecule has 0 unspecified atom stereocenters. The molecule has 1 aliphatic heterocycles. The molecule has 1 aromatic heterocycles. The number of aromatic nitrogens is 2. The number of ether oxygens (including phenoxy) is 1. The number of rotatable bonds is 2. The molecule has 98 valence electrons. The van der Waals surface area contributed by atoms with Crippen molar-refractivity contribution in [3.05, 3.63) is 46.9 Å². The number of hydrogen-bond acceptors (Lipinski definition) is 4. The third-order valence-corrected chi connectivity index (χ3v) is 3.51. The molecule has 0 aliphatic carbocycles. The summed E-state index contributed by atoms with van der Waals surface area (Å²) in [7, 11) is 0. The predicted octanol–water partition coefficient (Wildman–Crippen LogP) is 2.95. The molecule has 1 aromatic carbocycles. The zero-order valence-electron chi connectivity index (χ0n) is 11.4. The van der Waals surface area contributed by atoms with Crippen LogP contribution in [0, 0.1) is 20.8 Å². The van der Waals surface area contributed by atoms with Crippen molar-refractivity contribution in [1.29, 1.82) is 0 Å². The molecule has 0 bridgehead atoms. The first-order valence-corrected chi connectivity index (χ1v) is 6.45. The largest absolute Gasteiger partial charge is 0.491 e. The molecule has 0 saturated heterocycles. The first-order valence-electron chi connectivity index (χ1n) is 6.45. The van der Waals surface area contributed by atoms with Gasteiger partial charge in [-0.05, 0) is 26.8 Å². The van der Waals surface area contributed by atoms with Crippen molar-refractivity contribution < 1.29 is 4.74 Å². The molecule has 0 saturated carbocycles. The number of anilines is 1. The number of aryl methyl sites for hydroxylation is 2. The maximum absolute atomic E-state index is 5.68. The first kappa shape index (κ1) is 12.0. The lowest BCUT2D eigenvalue weighted by atomic mass is 10.1. The van der Waals surface area contributed by atoms with Gasteiger partial charge in [0.15, 0.2) is 0 Å². The van der Waals surface area contributed by atoms with Gasteiger partial charge < -0.3 is 10.1 Å². The minimum atomic E-state index is 0.156. The molecule has 2 aromatic rings. The summed E-state index contributed by atoms with van der Waals surface area (Å²) in [6, 6.07) is 8.27. The standard InChI is InChI=1S/C15H17N3O/c1-9-10(2)16-11(3)17-15(9)18-13-8-19-14-7-5-4-6-12(13)14/h4-7,13H,8H2,1-3H3,(H,16,17,18)/t13-/m0/s1. The van der Waals surface area contributed by atoms with E-state index in [-0.39, 0.29) is 6.04 Å². The second kappa shape index (κ2) is 4.53. The van der Waals surface area contributed by atoms with Crippen LogP contribution in [-0.4, -0.2) is 16.6 Å². The SMILES string of the molecule is Cc1nc(C)c(C)c(N[C@H]2COc3ccccc32)n1. The van der Waals surface area contributed by atoms with Gasteiger partial charge in [-0.25, -0.2) is 9.97 Å². The van der Waals surface area contributed by atoms with E-state index in [1.54, 1.807) is 0 Å². The van der Waals surface area contributed by atoms with Crippen LogP contribution in [0.25, 0.3) is 0 Å². The van der Waals surface area contributed by atoms with E-state index in [1.807, 2.05) is 39.0 Å². The lowest BCUT2D eigenvalue weighted by Crippen LogP contribution is -2.15. The highest BCUT2D eigenvalue weighted by molar-refractivity contribution is 5.50. The van der Waals surface area contributed by atoms with Crippen molar-refractivity contribution in [2.75, 3.05) is 11.9 Å². The van der Waals surface area contributed by atoms with E-state index in [4.69, 9.17) is 4.74 Å². The third-order valence-electron chi connectivity index (χ3n) is 3.51. The Labute approximate surface area is 112 Å². The van der Waals surface area contributed by atoms with Crippen LogP contribution in [-0.2, 0) is 0 Å². The van der Waals surface area contributed by atoms with Gasteiger partial charge in [0, 0.05) is 16.8 Å². The van der Waals surface area contributed by atoms with Crippen LogP contribution in [0.3, 0.4) is 0 Å². The van der Waals surface area contributed by atoms with E-state index >= 15 is 0 Å². The Bertz CT molecular complexity index is 625. The molecule has 1 N–H and O–H groups in total. The Kier molecular flexibility index (Phi) is 2.85. The highest BCUT2D eigenvalue weighted by atomic mass is 16.5. The Morgan fingerprint density at radius 1 is 1.16 bits per heavy atom. The molecule has 0 amide bonds. The lowest BCUT2D eigenvalue weighted by Gasteiger charge is -2.15. The summed E-state index contributed by atoms with van der Waals surface area (Å²) in [5.74, 6) is 2.65. The quantitative estimate of drug-likeness (QED) is 0.896. The van der Waals surface area contributed by atoms with E-state index < -0.39 is 0 Å². The number of hydrogen-bond donors (Lipinski definition) is 1. The third kappa shape index (κ3) is 2.14.